The van der Waals surface area contributed by atoms with Gasteiger partial charge in [0.1, 0.15) is 5.56 Å². The van der Waals surface area contributed by atoms with Gasteiger partial charge >= 0.3 is 5.97 Å². The Morgan fingerprint density at radius 2 is 2.19 bits per heavy atom. The van der Waals surface area contributed by atoms with Gasteiger partial charge in [0.25, 0.3) is 5.91 Å². The van der Waals surface area contributed by atoms with Crippen molar-refractivity contribution in [1.82, 2.24) is 19.5 Å². The van der Waals surface area contributed by atoms with Crippen LogP contribution < -0.4 is 5.73 Å². The lowest BCUT2D eigenvalue weighted by molar-refractivity contribution is 0.0529. The van der Waals surface area contributed by atoms with Crippen LogP contribution in [-0.4, -0.2) is 44.0 Å². The molecule has 1 fully saturated rings. The fraction of sp³-hybridized carbons (Fsp3) is 0.333. The van der Waals surface area contributed by atoms with Crippen LogP contribution in [0.5, 0.6) is 0 Å². The Morgan fingerprint density at radius 3 is 2.88 bits per heavy atom. The maximum atomic E-state index is 13.1. The molecule has 1 atom stereocenters. The van der Waals surface area contributed by atoms with E-state index < -0.39 is 5.97 Å². The van der Waals surface area contributed by atoms with Gasteiger partial charge in [0.05, 0.1) is 17.9 Å². The van der Waals surface area contributed by atoms with Crippen molar-refractivity contribution in [3.05, 3.63) is 53.2 Å². The van der Waals surface area contributed by atoms with Crippen LogP contribution in [0.25, 0.3) is 23.0 Å². The van der Waals surface area contributed by atoms with Crippen molar-refractivity contribution in [1.29, 1.82) is 0 Å². The Kier molecular flexibility index (Phi) is 4.73. The third-order valence-electron chi connectivity index (χ3n) is 6.37. The zero-order chi connectivity index (χ0) is 22.6. The zero-order valence-electron chi connectivity index (χ0n) is 18.2. The van der Waals surface area contributed by atoms with Crippen LogP contribution in [0.15, 0.2) is 31.0 Å². The molecule has 1 aliphatic carbocycles. The van der Waals surface area contributed by atoms with E-state index in [1.165, 1.54) is 17.4 Å². The highest BCUT2D eigenvalue weighted by molar-refractivity contribution is 6.03. The van der Waals surface area contributed by atoms with Gasteiger partial charge in [-0.2, -0.15) is 0 Å². The summed E-state index contributed by atoms with van der Waals surface area (Å²) in [6.07, 6.45) is 5.79. The highest BCUT2D eigenvalue weighted by Gasteiger charge is 2.39. The lowest BCUT2D eigenvalue weighted by Crippen LogP contribution is -2.34. The molecule has 164 valence electrons. The number of carbonyl (C=O) groups excluding carboxylic acids is 2. The molecule has 2 aliphatic rings. The maximum Gasteiger partial charge on any atom is 0.345 e. The second-order valence-electron chi connectivity index (χ2n) is 8.38. The number of carbonyl (C=O) groups is 2. The van der Waals surface area contributed by atoms with E-state index in [4.69, 9.17) is 10.5 Å². The number of benzene rings is 1. The molecule has 1 aromatic carbocycles. The molecule has 3 aromatic rings. The highest BCUT2D eigenvalue weighted by Crippen LogP contribution is 2.40. The summed E-state index contributed by atoms with van der Waals surface area (Å²) in [4.78, 5) is 32.2. The Morgan fingerprint density at radius 1 is 1.41 bits per heavy atom. The van der Waals surface area contributed by atoms with Gasteiger partial charge in [-0.3, -0.25) is 4.79 Å². The van der Waals surface area contributed by atoms with Gasteiger partial charge in [-0.1, -0.05) is 12.7 Å². The molecular weight excluding hydrogens is 406 g/mol. The van der Waals surface area contributed by atoms with E-state index in [1.54, 1.807) is 19.2 Å². The van der Waals surface area contributed by atoms with E-state index in [1.807, 2.05) is 23.1 Å². The number of hydrogen-bond acceptors (Lipinski definition) is 6. The van der Waals surface area contributed by atoms with Crippen LogP contribution in [0.2, 0.25) is 0 Å². The largest absolute Gasteiger partial charge is 0.462 e. The summed E-state index contributed by atoms with van der Waals surface area (Å²) in [6, 6.07) is 5.96. The second-order valence-corrected chi connectivity index (χ2v) is 8.38. The van der Waals surface area contributed by atoms with Crippen molar-refractivity contribution in [2.45, 2.75) is 39.3 Å². The van der Waals surface area contributed by atoms with Gasteiger partial charge in [0.15, 0.2) is 11.5 Å². The first-order chi connectivity index (χ1) is 15.4. The molecule has 32 heavy (non-hydrogen) atoms. The first-order valence-electron chi connectivity index (χ1n) is 10.9. The minimum Gasteiger partial charge on any atom is -0.462 e. The molecule has 8 heteroatoms. The average molecular weight is 431 g/mol. The Labute approximate surface area is 185 Å². The van der Waals surface area contributed by atoms with Gasteiger partial charge in [0.2, 0.25) is 0 Å². The molecular formula is C24H25N5O3. The summed E-state index contributed by atoms with van der Waals surface area (Å²) >= 11 is 0. The second kappa shape index (κ2) is 7.47. The van der Waals surface area contributed by atoms with Crippen molar-refractivity contribution >= 4 is 29.4 Å². The predicted molar refractivity (Wildman–Crippen MR) is 121 cm³/mol. The van der Waals surface area contributed by atoms with Crippen LogP contribution >= 0.6 is 0 Å². The number of nitrogens with zero attached hydrogens (tertiary/aromatic N) is 4. The number of esters is 1. The fourth-order valence-corrected chi connectivity index (χ4v) is 4.49. The molecule has 1 aliphatic heterocycles. The van der Waals surface area contributed by atoms with E-state index in [2.05, 4.69) is 23.6 Å². The first-order valence-corrected chi connectivity index (χ1v) is 10.9. The topological polar surface area (TPSA) is 103 Å². The van der Waals surface area contributed by atoms with E-state index in [0.29, 0.717) is 23.8 Å². The van der Waals surface area contributed by atoms with Crippen molar-refractivity contribution in [2.24, 2.45) is 5.92 Å². The molecule has 0 spiro atoms. The Hall–Kier alpha value is -3.68. The van der Waals surface area contributed by atoms with Gasteiger partial charge in [-0.05, 0) is 61.9 Å². The van der Waals surface area contributed by atoms with Crippen LogP contribution in [-0.2, 0) is 11.3 Å². The minimum atomic E-state index is -0.555. The van der Waals surface area contributed by atoms with Crippen molar-refractivity contribution in [3.63, 3.8) is 0 Å². The molecule has 3 heterocycles. The molecule has 5 rings (SSSR count). The van der Waals surface area contributed by atoms with Crippen LogP contribution in [0.4, 0.5) is 5.82 Å². The molecule has 0 radical (unpaired) electrons. The normalized spacial score (nSPS) is 16.3. The van der Waals surface area contributed by atoms with Crippen molar-refractivity contribution < 1.29 is 14.3 Å². The van der Waals surface area contributed by atoms with Gasteiger partial charge in [-0.15, -0.1) is 5.10 Å². The quantitative estimate of drug-likeness (QED) is 0.599. The standard InChI is InChI=1S/C24H25N5O3/c1-4-14-10-16(11-17-12-28(23(30)19(14)17)13(3)15-6-7-15)18-8-9-29-22(26-18)20(21(25)27-29)24(31)32-5-2/h4,8-11,13,15H,1,5-7,12H2,2-3H3,(H2,25,27)/t13-/m0/s1. The summed E-state index contributed by atoms with van der Waals surface area (Å²) in [5.41, 5.74) is 10.4. The average Bonchev–Trinajstić information content (AvgIpc) is 3.50. The van der Waals surface area contributed by atoms with Gasteiger partial charge in [0, 0.05) is 24.3 Å². The molecule has 8 nitrogen and oxygen atoms in total. The summed E-state index contributed by atoms with van der Waals surface area (Å²) < 4.78 is 6.59. The Balaban J connectivity index is 1.58. The lowest BCUT2D eigenvalue weighted by Gasteiger charge is -2.24. The third kappa shape index (κ3) is 3.14. The number of anilines is 1. The number of rotatable bonds is 6. The van der Waals surface area contributed by atoms with Crippen molar-refractivity contribution in [2.75, 3.05) is 12.3 Å². The van der Waals surface area contributed by atoms with Crippen LogP contribution in [0.3, 0.4) is 0 Å². The molecule has 1 saturated carbocycles. The minimum absolute atomic E-state index is 0.0671. The molecule has 0 bridgehead atoms. The van der Waals surface area contributed by atoms with Crippen molar-refractivity contribution in [3.8, 4) is 11.3 Å². The third-order valence-corrected chi connectivity index (χ3v) is 6.37. The summed E-state index contributed by atoms with van der Waals surface area (Å²) in [6.45, 7) is 8.59. The Bertz CT molecular complexity index is 1270. The zero-order valence-corrected chi connectivity index (χ0v) is 18.2. The van der Waals surface area contributed by atoms with E-state index >= 15 is 0 Å². The molecule has 0 saturated heterocycles. The molecule has 0 unspecified atom stereocenters. The van der Waals surface area contributed by atoms with E-state index in [-0.39, 0.29) is 29.9 Å². The van der Waals surface area contributed by atoms with Crippen LogP contribution in [0, 0.1) is 5.92 Å². The number of ether oxygens (including phenoxy) is 1. The highest BCUT2D eigenvalue weighted by atomic mass is 16.5. The number of hydrogen-bond donors (Lipinski definition) is 1. The summed E-state index contributed by atoms with van der Waals surface area (Å²) in [7, 11) is 0. The number of fused-ring (bicyclic) bond motifs is 2. The summed E-state index contributed by atoms with van der Waals surface area (Å²) in [5, 5.41) is 4.17. The summed E-state index contributed by atoms with van der Waals surface area (Å²) in [5.74, 6) is 0.180. The SMILES string of the molecule is C=Cc1cc(-c2ccn3nc(N)c(C(=O)OCC)c3n2)cc2c1C(=O)N([C@@H](C)C1CC1)C2. The number of nitrogen functional groups attached to an aromatic ring is 1. The smallest absolute Gasteiger partial charge is 0.345 e. The first kappa shape index (κ1) is 20.2. The fourth-order valence-electron chi connectivity index (χ4n) is 4.49. The van der Waals surface area contributed by atoms with E-state index in [0.717, 1.165) is 22.3 Å². The van der Waals surface area contributed by atoms with Crippen LogP contribution in [0.1, 0.15) is 58.5 Å². The number of amides is 1. The maximum absolute atomic E-state index is 13.1. The monoisotopic (exact) mass is 431 g/mol. The number of nitrogens with two attached hydrogens (primary N) is 1. The predicted octanol–water partition coefficient (Wildman–Crippen LogP) is 3.55. The molecule has 2 N–H and O–H groups in total. The van der Waals surface area contributed by atoms with Gasteiger partial charge < -0.3 is 15.4 Å². The molecule has 1 amide bonds. The number of aromatic nitrogens is 3. The molecule has 2 aromatic heterocycles. The lowest BCUT2D eigenvalue weighted by atomic mass is 9.97. The van der Waals surface area contributed by atoms with Gasteiger partial charge in [-0.25, -0.2) is 14.3 Å². The van der Waals surface area contributed by atoms with E-state index in [9.17, 15) is 9.59 Å².